The van der Waals surface area contributed by atoms with E-state index in [0.29, 0.717) is 41.8 Å². The van der Waals surface area contributed by atoms with Crippen LogP contribution < -0.4 is 27.2 Å². The predicted molar refractivity (Wildman–Crippen MR) is 119 cm³/mol. The molecule has 9 heteroatoms. The molecule has 1 aliphatic carbocycles. The summed E-state index contributed by atoms with van der Waals surface area (Å²) in [6.45, 7) is 2.78. The summed E-state index contributed by atoms with van der Waals surface area (Å²) in [5.74, 6) is -0.201. The number of carbonyl (C=O) groups is 1. The smallest absolute Gasteiger partial charge is 0.328 e. The van der Waals surface area contributed by atoms with Gasteiger partial charge in [0.05, 0.1) is 22.8 Å². The zero-order chi connectivity index (χ0) is 22.0. The first-order valence-corrected chi connectivity index (χ1v) is 10.4. The van der Waals surface area contributed by atoms with E-state index in [1.54, 1.807) is 32.3 Å². The lowest BCUT2D eigenvalue weighted by atomic mass is 9.86. The van der Waals surface area contributed by atoms with Gasteiger partial charge in [-0.05, 0) is 49.6 Å². The van der Waals surface area contributed by atoms with E-state index in [0.717, 1.165) is 24.1 Å². The molecule has 1 fully saturated rings. The number of nitrogens with zero attached hydrogens (tertiary/aromatic N) is 2. The molecule has 0 bridgehead atoms. The van der Waals surface area contributed by atoms with Crippen LogP contribution in [0.3, 0.4) is 0 Å². The number of benzene rings is 1. The molecule has 31 heavy (non-hydrogen) atoms. The van der Waals surface area contributed by atoms with Crippen LogP contribution in [0.2, 0.25) is 0 Å². The van der Waals surface area contributed by atoms with Gasteiger partial charge in [-0.3, -0.25) is 14.2 Å². The van der Waals surface area contributed by atoms with Gasteiger partial charge in [-0.2, -0.15) is 0 Å². The van der Waals surface area contributed by atoms with Crippen LogP contribution in [0.4, 0.5) is 5.69 Å². The lowest BCUT2D eigenvalue weighted by Crippen LogP contribution is -2.47. The number of H-pyrrole nitrogens is 1. The first kappa shape index (κ1) is 20.8. The van der Waals surface area contributed by atoms with E-state index < -0.39 is 0 Å². The Labute approximate surface area is 178 Å². The molecule has 1 saturated carbocycles. The Balaban J connectivity index is 1.30. The minimum atomic E-state index is -0.379. The average molecular weight is 422 g/mol. The third kappa shape index (κ3) is 4.36. The number of amides is 1. The van der Waals surface area contributed by atoms with E-state index in [1.165, 1.54) is 4.57 Å². The van der Waals surface area contributed by atoms with Crippen molar-refractivity contribution < 1.29 is 4.79 Å². The summed E-state index contributed by atoms with van der Waals surface area (Å²) in [5.41, 5.74) is 2.24. The van der Waals surface area contributed by atoms with Crippen LogP contribution in [-0.2, 0) is 13.1 Å². The molecule has 3 aromatic rings. The van der Waals surface area contributed by atoms with Gasteiger partial charge < -0.3 is 20.9 Å². The van der Waals surface area contributed by atoms with Crippen molar-refractivity contribution in [1.29, 1.82) is 0 Å². The minimum absolute atomic E-state index is 0.201. The van der Waals surface area contributed by atoms with E-state index in [1.807, 2.05) is 18.2 Å². The molecule has 1 aromatic carbocycles. The molecule has 0 atom stereocenters. The zero-order valence-electron chi connectivity index (χ0n) is 17.6. The Bertz CT molecular complexity index is 1210. The maximum absolute atomic E-state index is 12.4. The Kier molecular flexibility index (Phi) is 5.85. The van der Waals surface area contributed by atoms with Crippen LogP contribution in [0, 0.1) is 0 Å². The van der Waals surface area contributed by atoms with Crippen molar-refractivity contribution in [3.05, 3.63) is 68.6 Å². The van der Waals surface area contributed by atoms with Gasteiger partial charge in [-0.25, -0.2) is 9.78 Å². The van der Waals surface area contributed by atoms with Crippen molar-refractivity contribution >= 4 is 22.5 Å². The van der Waals surface area contributed by atoms with Crippen molar-refractivity contribution in [2.75, 3.05) is 12.4 Å². The highest BCUT2D eigenvalue weighted by Crippen LogP contribution is 2.24. The number of pyridine rings is 1. The summed E-state index contributed by atoms with van der Waals surface area (Å²) in [6.07, 6.45) is 3.62. The van der Waals surface area contributed by atoms with Crippen molar-refractivity contribution in [1.82, 2.24) is 25.2 Å². The minimum Gasteiger partial charge on any atom is -0.381 e. The van der Waals surface area contributed by atoms with Crippen LogP contribution in [0.1, 0.15) is 35.8 Å². The number of aromatic amines is 1. The van der Waals surface area contributed by atoms with Gasteiger partial charge in [0.25, 0.3) is 11.5 Å². The Morgan fingerprint density at radius 1 is 1.19 bits per heavy atom. The standard InChI is InChI=1S/C22H26N6O3/c1-3-28-21(30)17-6-4-13(8-19(17)27-22(28)31)11-24-15-9-16(10-15)26-14-5-7-18(25-12-14)20(29)23-2/h4-8,12,15-16,24,26H,3,9-11H2,1-2H3,(H,23,29)(H,27,31)/t15-,16-. The summed E-state index contributed by atoms with van der Waals surface area (Å²) in [5, 5.41) is 10.0. The fourth-order valence-corrected chi connectivity index (χ4v) is 3.84. The topological polar surface area (TPSA) is 121 Å². The molecule has 0 aliphatic heterocycles. The van der Waals surface area contributed by atoms with E-state index in [2.05, 4.69) is 25.9 Å². The van der Waals surface area contributed by atoms with Gasteiger partial charge in [-0.1, -0.05) is 6.07 Å². The number of nitrogens with one attached hydrogen (secondary N) is 4. The second-order valence-electron chi connectivity index (χ2n) is 7.76. The normalized spacial score (nSPS) is 17.9. The van der Waals surface area contributed by atoms with Gasteiger partial charge in [0.15, 0.2) is 0 Å². The number of carbonyl (C=O) groups excluding carboxylic acids is 1. The summed E-state index contributed by atoms with van der Waals surface area (Å²) in [4.78, 5) is 42.9. The molecule has 162 valence electrons. The second-order valence-corrected chi connectivity index (χ2v) is 7.76. The van der Waals surface area contributed by atoms with E-state index >= 15 is 0 Å². The highest BCUT2D eigenvalue weighted by Gasteiger charge is 2.28. The summed E-state index contributed by atoms with van der Waals surface area (Å²) >= 11 is 0. The number of anilines is 1. The first-order chi connectivity index (χ1) is 15.0. The summed E-state index contributed by atoms with van der Waals surface area (Å²) in [6, 6.07) is 9.86. The van der Waals surface area contributed by atoms with Gasteiger partial charge >= 0.3 is 5.69 Å². The molecule has 1 aliphatic rings. The van der Waals surface area contributed by atoms with Crippen LogP contribution in [0.5, 0.6) is 0 Å². The van der Waals surface area contributed by atoms with E-state index in [4.69, 9.17) is 0 Å². The lowest BCUT2D eigenvalue weighted by Gasteiger charge is -2.37. The Hall–Kier alpha value is -3.46. The van der Waals surface area contributed by atoms with Gasteiger partial charge in [-0.15, -0.1) is 0 Å². The summed E-state index contributed by atoms with van der Waals surface area (Å²) < 4.78 is 1.20. The molecule has 2 aromatic heterocycles. The lowest BCUT2D eigenvalue weighted by molar-refractivity contribution is 0.0958. The second kappa shape index (κ2) is 8.73. The van der Waals surface area contributed by atoms with Crippen molar-refractivity contribution in [3.8, 4) is 0 Å². The molecule has 0 unspecified atom stereocenters. The average Bonchev–Trinajstić information content (AvgIpc) is 2.75. The number of rotatable bonds is 7. The molecule has 9 nitrogen and oxygen atoms in total. The highest BCUT2D eigenvalue weighted by atomic mass is 16.2. The van der Waals surface area contributed by atoms with Crippen LogP contribution in [0.25, 0.3) is 10.9 Å². The van der Waals surface area contributed by atoms with E-state index in [-0.39, 0.29) is 17.2 Å². The number of fused-ring (bicyclic) bond motifs is 1. The first-order valence-electron chi connectivity index (χ1n) is 10.4. The van der Waals surface area contributed by atoms with Gasteiger partial charge in [0, 0.05) is 32.2 Å². The Morgan fingerprint density at radius 2 is 2.00 bits per heavy atom. The monoisotopic (exact) mass is 422 g/mol. The largest absolute Gasteiger partial charge is 0.381 e. The maximum Gasteiger partial charge on any atom is 0.328 e. The quantitative estimate of drug-likeness (QED) is 0.454. The van der Waals surface area contributed by atoms with Gasteiger partial charge in [0.2, 0.25) is 0 Å². The molecule has 2 heterocycles. The fourth-order valence-electron chi connectivity index (χ4n) is 3.84. The molecular formula is C22H26N6O3. The molecule has 0 spiro atoms. The summed E-state index contributed by atoms with van der Waals surface area (Å²) in [7, 11) is 1.58. The van der Waals surface area contributed by atoms with Gasteiger partial charge in [0.1, 0.15) is 5.69 Å². The SMILES string of the molecule is CCn1c(=O)[nH]c2cc(CN[C@H]3C[C@H](Nc4ccc(C(=O)NC)nc4)C3)ccc2c1=O. The van der Waals surface area contributed by atoms with Crippen molar-refractivity contribution in [2.45, 2.75) is 44.9 Å². The third-order valence-electron chi connectivity index (χ3n) is 5.69. The predicted octanol–water partition coefficient (Wildman–Crippen LogP) is 1.20. The molecule has 4 N–H and O–H groups in total. The number of aromatic nitrogens is 3. The van der Waals surface area contributed by atoms with Crippen LogP contribution >= 0.6 is 0 Å². The van der Waals surface area contributed by atoms with Crippen molar-refractivity contribution in [2.24, 2.45) is 0 Å². The maximum atomic E-state index is 12.4. The molecule has 0 radical (unpaired) electrons. The van der Waals surface area contributed by atoms with Crippen LogP contribution in [0.15, 0.2) is 46.1 Å². The Morgan fingerprint density at radius 3 is 2.68 bits per heavy atom. The number of hydrogen-bond acceptors (Lipinski definition) is 6. The zero-order valence-corrected chi connectivity index (χ0v) is 17.6. The molecular weight excluding hydrogens is 396 g/mol. The highest BCUT2D eigenvalue weighted by molar-refractivity contribution is 5.92. The number of hydrogen-bond donors (Lipinski definition) is 4. The fraction of sp³-hybridized carbons (Fsp3) is 0.364. The van der Waals surface area contributed by atoms with Crippen molar-refractivity contribution in [3.63, 3.8) is 0 Å². The molecule has 0 saturated heterocycles. The third-order valence-corrected chi connectivity index (χ3v) is 5.69. The van der Waals surface area contributed by atoms with E-state index in [9.17, 15) is 14.4 Å². The van der Waals surface area contributed by atoms with Crippen LogP contribution in [-0.4, -0.2) is 39.6 Å². The molecule has 1 amide bonds. The molecule has 4 rings (SSSR count).